The topological polar surface area (TPSA) is 81.9 Å². The Morgan fingerprint density at radius 3 is 2.48 bits per heavy atom. The standard InChI is InChI=1S/C20H24N2O5/c1-15(16-6-4-7-17(14-16)22(24)25)21(2)20(23)8-5-13-27-19-11-9-18(26-3)10-12-19/h4,6-7,9-12,14-15H,5,8,13H2,1-3H3/t15-/m1/s1. The fourth-order valence-electron chi connectivity index (χ4n) is 2.60. The molecule has 0 N–H and O–H groups in total. The van der Waals surface area contributed by atoms with Crippen molar-refractivity contribution in [1.82, 2.24) is 4.90 Å². The van der Waals surface area contributed by atoms with E-state index in [2.05, 4.69) is 0 Å². The molecule has 27 heavy (non-hydrogen) atoms. The van der Waals surface area contributed by atoms with Crippen LogP contribution in [0.4, 0.5) is 5.69 Å². The smallest absolute Gasteiger partial charge is 0.269 e. The highest BCUT2D eigenvalue weighted by Crippen LogP contribution is 2.23. The van der Waals surface area contributed by atoms with E-state index in [1.54, 1.807) is 31.2 Å². The number of carbonyl (C=O) groups is 1. The third-order valence-electron chi connectivity index (χ3n) is 4.40. The monoisotopic (exact) mass is 372 g/mol. The Labute approximate surface area is 158 Å². The number of benzene rings is 2. The van der Waals surface area contributed by atoms with Crippen LogP contribution in [-0.2, 0) is 4.79 Å². The van der Waals surface area contributed by atoms with E-state index in [0.29, 0.717) is 19.4 Å². The summed E-state index contributed by atoms with van der Waals surface area (Å²) >= 11 is 0. The van der Waals surface area contributed by atoms with E-state index in [-0.39, 0.29) is 17.6 Å². The number of nitro benzene ring substituents is 1. The number of rotatable bonds is 9. The normalized spacial score (nSPS) is 11.5. The summed E-state index contributed by atoms with van der Waals surface area (Å²) in [5, 5.41) is 10.9. The summed E-state index contributed by atoms with van der Waals surface area (Å²) in [6.07, 6.45) is 0.919. The largest absolute Gasteiger partial charge is 0.497 e. The Hall–Kier alpha value is -3.09. The molecular formula is C20H24N2O5. The molecule has 0 aromatic heterocycles. The van der Waals surface area contributed by atoms with E-state index in [4.69, 9.17) is 9.47 Å². The van der Waals surface area contributed by atoms with E-state index in [1.165, 1.54) is 12.1 Å². The SMILES string of the molecule is COc1ccc(OCCCC(=O)N(C)[C@H](C)c2cccc([N+](=O)[O-])c2)cc1. The molecule has 1 amide bonds. The summed E-state index contributed by atoms with van der Waals surface area (Å²) in [7, 11) is 3.31. The van der Waals surface area contributed by atoms with Crippen LogP contribution in [0, 0.1) is 10.1 Å². The van der Waals surface area contributed by atoms with Gasteiger partial charge in [-0.05, 0) is 43.2 Å². The lowest BCUT2D eigenvalue weighted by Gasteiger charge is -2.25. The number of nitro groups is 1. The molecule has 0 fully saturated rings. The van der Waals surface area contributed by atoms with Gasteiger partial charge in [-0.25, -0.2) is 0 Å². The van der Waals surface area contributed by atoms with Crippen molar-refractivity contribution in [2.45, 2.75) is 25.8 Å². The van der Waals surface area contributed by atoms with Crippen molar-refractivity contribution in [1.29, 1.82) is 0 Å². The van der Waals surface area contributed by atoms with Crippen molar-refractivity contribution >= 4 is 11.6 Å². The highest BCUT2D eigenvalue weighted by atomic mass is 16.6. The number of methoxy groups -OCH3 is 1. The lowest BCUT2D eigenvalue weighted by atomic mass is 10.1. The van der Waals surface area contributed by atoms with Crippen LogP contribution in [0.15, 0.2) is 48.5 Å². The number of nitrogens with zero attached hydrogens (tertiary/aromatic N) is 2. The summed E-state index contributed by atoms with van der Waals surface area (Å²) in [4.78, 5) is 24.5. The molecule has 7 heteroatoms. The molecule has 0 aliphatic carbocycles. The zero-order valence-corrected chi connectivity index (χ0v) is 15.8. The minimum absolute atomic E-state index is 0.0214. The van der Waals surface area contributed by atoms with Gasteiger partial charge >= 0.3 is 0 Å². The highest BCUT2D eigenvalue weighted by molar-refractivity contribution is 5.76. The molecule has 0 aliphatic rings. The number of ether oxygens (including phenoxy) is 2. The van der Waals surface area contributed by atoms with Gasteiger partial charge in [0, 0.05) is 25.6 Å². The van der Waals surface area contributed by atoms with E-state index in [1.807, 2.05) is 31.2 Å². The first-order chi connectivity index (χ1) is 12.9. The number of hydrogen-bond donors (Lipinski definition) is 0. The van der Waals surface area contributed by atoms with Crippen molar-refractivity contribution in [2.75, 3.05) is 20.8 Å². The van der Waals surface area contributed by atoms with Crippen LogP contribution < -0.4 is 9.47 Å². The Bertz CT molecular complexity index is 776. The summed E-state index contributed by atoms with van der Waals surface area (Å²) in [5.41, 5.74) is 0.752. The number of amides is 1. The summed E-state index contributed by atoms with van der Waals surface area (Å²) < 4.78 is 10.7. The van der Waals surface area contributed by atoms with E-state index in [0.717, 1.165) is 17.1 Å². The quantitative estimate of drug-likeness (QED) is 0.378. The van der Waals surface area contributed by atoms with Gasteiger partial charge in [0.1, 0.15) is 11.5 Å². The first-order valence-electron chi connectivity index (χ1n) is 8.69. The minimum atomic E-state index is -0.436. The maximum Gasteiger partial charge on any atom is 0.269 e. The molecule has 2 rings (SSSR count). The third-order valence-corrected chi connectivity index (χ3v) is 4.40. The lowest BCUT2D eigenvalue weighted by molar-refractivity contribution is -0.384. The first kappa shape index (κ1) is 20.2. The average Bonchev–Trinajstić information content (AvgIpc) is 2.70. The molecule has 7 nitrogen and oxygen atoms in total. The molecule has 0 radical (unpaired) electrons. The molecule has 0 heterocycles. The predicted octanol–water partition coefficient (Wildman–Crippen LogP) is 3.98. The zero-order valence-electron chi connectivity index (χ0n) is 15.8. The molecule has 1 atom stereocenters. The maximum absolute atomic E-state index is 12.4. The van der Waals surface area contributed by atoms with Gasteiger partial charge in [0.15, 0.2) is 0 Å². The van der Waals surface area contributed by atoms with Crippen LogP contribution in [0.3, 0.4) is 0 Å². The Kier molecular flexibility index (Phi) is 7.16. The summed E-state index contributed by atoms with van der Waals surface area (Å²) in [6, 6.07) is 13.4. The number of hydrogen-bond acceptors (Lipinski definition) is 5. The second-order valence-corrected chi connectivity index (χ2v) is 6.16. The van der Waals surface area contributed by atoms with Gasteiger partial charge in [-0.2, -0.15) is 0 Å². The van der Waals surface area contributed by atoms with E-state index < -0.39 is 4.92 Å². The van der Waals surface area contributed by atoms with Crippen molar-refractivity contribution in [3.05, 3.63) is 64.2 Å². The second-order valence-electron chi connectivity index (χ2n) is 6.16. The van der Waals surface area contributed by atoms with Gasteiger partial charge in [0.2, 0.25) is 5.91 Å². The van der Waals surface area contributed by atoms with Crippen LogP contribution in [0.25, 0.3) is 0 Å². The predicted molar refractivity (Wildman–Crippen MR) is 102 cm³/mol. The van der Waals surface area contributed by atoms with Gasteiger partial charge in [-0.1, -0.05) is 12.1 Å². The maximum atomic E-state index is 12.4. The summed E-state index contributed by atoms with van der Waals surface area (Å²) in [5.74, 6) is 1.45. The molecule has 2 aromatic rings. The zero-order chi connectivity index (χ0) is 19.8. The van der Waals surface area contributed by atoms with Crippen LogP contribution in [-0.4, -0.2) is 36.5 Å². The van der Waals surface area contributed by atoms with Gasteiger partial charge in [0.05, 0.1) is 24.7 Å². The number of non-ortho nitro benzene ring substituents is 1. The minimum Gasteiger partial charge on any atom is -0.497 e. The van der Waals surface area contributed by atoms with Gasteiger partial charge in [0.25, 0.3) is 5.69 Å². The third kappa shape index (κ3) is 5.70. The molecule has 0 aliphatic heterocycles. The van der Waals surface area contributed by atoms with Crippen molar-refractivity contribution < 1.29 is 19.2 Å². The lowest BCUT2D eigenvalue weighted by Crippen LogP contribution is -2.29. The van der Waals surface area contributed by atoms with Gasteiger partial charge in [-0.3, -0.25) is 14.9 Å². The molecule has 0 saturated heterocycles. The fourth-order valence-corrected chi connectivity index (χ4v) is 2.60. The summed E-state index contributed by atoms with van der Waals surface area (Å²) in [6.45, 7) is 2.28. The molecule has 0 bridgehead atoms. The van der Waals surface area contributed by atoms with Crippen LogP contribution in [0.2, 0.25) is 0 Å². The molecule has 0 unspecified atom stereocenters. The van der Waals surface area contributed by atoms with Crippen LogP contribution in [0.1, 0.15) is 31.4 Å². The first-order valence-corrected chi connectivity index (χ1v) is 8.69. The molecular weight excluding hydrogens is 348 g/mol. The van der Waals surface area contributed by atoms with Gasteiger partial charge < -0.3 is 14.4 Å². The van der Waals surface area contributed by atoms with Crippen molar-refractivity contribution in [3.8, 4) is 11.5 Å². The highest BCUT2D eigenvalue weighted by Gasteiger charge is 2.19. The molecule has 144 valence electrons. The molecule has 0 spiro atoms. The van der Waals surface area contributed by atoms with Crippen molar-refractivity contribution in [2.24, 2.45) is 0 Å². The van der Waals surface area contributed by atoms with Crippen molar-refractivity contribution in [3.63, 3.8) is 0 Å². The Balaban J connectivity index is 1.82. The molecule has 0 saturated carbocycles. The van der Waals surface area contributed by atoms with Gasteiger partial charge in [-0.15, -0.1) is 0 Å². The Morgan fingerprint density at radius 2 is 1.85 bits per heavy atom. The number of carbonyl (C=O) groups excluding carboxylic acids is 1. The van der Waals surface area contributed by atoms with Crippen LogP contribution >= 0.6 is 0 Å². The molecule has 2 aromatic carbocycles. The Morgan fingerprint density at radius 1 is 1.19 bits per heavy atom. The van der Waals surface area contributed by atoms with Crippen LogP contribution in [0.5, 0.6) is 11.5 Å². The average molecular weight is 372 g/mol. The van der Waals surface area contributed by atoms with E-state index >= 15 is 0 Å². The van der Waals surface area contributed by atoms with E-state index in [9.17, 15) is 14.9 Å². The fraction of sp³-hybridized carbons (Fsp3) is 0.350. The second kappa shape index (κ2) is 9.56.